The van der Waals surface area contributed by atoms with E-state index < -0.39 is 0 Å². The molecule has 4 nitrogen and oxygen atoms in total. The summed E-state index contributed by atoms with van der Waals surface area (Å²) in [6, 6.07) is 4.95. The maximum atomic E-state index is 12.4. The van der Waals surface area contributed by atoms with Gasteiger partial charge in [0.1, 0.15) is 0 Å². The SMILES string of the molecule is CCC1CCCN(C(C)C(=O)Nc2cc(Cl)ccc2N)C1. The van der Waals surface area contributed by atoms with Gasteiger partial charge in [0.25, 0.3) is 0 Å². The highest BCUT2D eigenvalue weighted by atomic mass is 35.5. The molecule has 0 aromatic heterocycles. The van der Waals surface area contributed by atoms with Crippen molar-refractivity contribution in [2.24, 2.45) is 5.92 Å². The second-order valence-corrected chi connectivity index (χ2v) is 6.24. The second-order valence-electron chi connectivity index (χ2n) is 5.81. The van der Waals surface area contributed by atoms with Crippen LogP contribution in [0.5, 0.6) is 0 Å². The number of rotatable bonds is 4. The summed E-state index contributed by atoms with van der Waals surface area (Å²) in [5.41, 5.74) is 6.99. The van der Waals surface area contributed by atoms with Gasteiger partial charge >= 0.3 is 0 Å². The Morgan fingerprint density at radius 2 is 2.33 bits per heavy atom. The lowest BCUT2D eigenvalue weighted by molar-refractivity contribution is -0.121. The van der Waals surface area contributed by atoms with Crippen LogP contribution in [0.2, 0.25) is 5.02 Å². The quantitative estimate of drug-likeness (QED) is 0.838. The normalized spacial score (nSPS) is 21.0. The Morgan fingerprint density at radius 3 is 3.05 bits per heavy atom. The first kappa shape index (κ1) is 16.1. The molecule has 1 aliphatic heterocycles. The Bertz CT molecular complexity index is 506. The van der Waals surface area contributed by atoms with Crippen molar-refractivity contribution >= 4 is 28.9 Å². The van der Waals surface area contributed by atoms with E-state index in [1.807, 2.05) is 6.92 Å². The van der Waals surface area contributed by atoms with Crippen molar-refractivity contribution in [3.05, 3.63) is 23.2 Å². The van der Waals surface area contributed by atoms with Gasteiger partial charge in [0.2, 0.25) is 5.91 Å². The number of likely N-dealkylation sites (tertiary alicyclic amines) is 1. The van der Waals surface area contributed by atoms with Gasteiger partial charge in [0.05, 0.1) is 17.4 Å². The van der Waals surface area contributed by atoms with Crippen molar-refractivity contribution in [2.75, 3.05) is 24.1 Å². The molecule has 1 saturated heterocycles. The van der Waals surface area contributed by atoms with Crippen molar-refractivity contribution < 1.29 is 4.79 Å². The van der Waals surface area contributed by atoms with Gasteiger partial charge in [-0.2, -0.15) is 0 Å². The summed E-state index contributed by atoms with van der Waals surface area (Å²) >= 11 is 5.95. The van der Waals surface area contributed by atoms with Crippen LogP contribution in [-0.2, 0) is 4.79 Å². The predicted octanol–water partition coefficient (Wildman–Crippen LogP) is 3.37. The van der Waals surface area contributed by atoms with E-state index in [1.165, 1.54) is 12.8 Å². The average molecular weight is 310 g/mol. The molecule has 1 fully saturated rings. The van der Waals surface area contributed by atoms with E-state index in [-0.39, 0.29) is 11.9 Å². The van der Waals surface area contributed by atoms with E-state index in [4.69, 9.17) is 17.3 Å². The highest BCUT2D eigenvalue weighted by Gasteiger charge is 2.26. The highest BCUT2D eigenvalue weighted by molar-refractivity contribution is 6.31. The topological polar surface area (TPSA) is 58.4 Å². The van der Waals surface area contributed by atoms with E-state index in [0.717, 1.165) is 19.5 Å². The summed E-state index contributed by atoms with van der Waals surface area (Å²) in [4.78, 5) is 14.7. The van der Waals surface area contributed by atoms with Crippen molar-refractivity contribution in [1.82, 2.24) is 4.90 Å². The van der Waals surface area contributed by atoms with Gasteiger partial charge < -0.3 is 11.1 Å². The smallest absolute Gasteiger partial charge is 0.241 e. The average Bonchev–Trinajstić information content (AvgIpc) is 2.50. The number of benzene rings is 1. The molecule has 116 valence electrons. The Balaban J connectivity index is 2.00. The Morgan fingerprint density at radius 1 is 1.57 bits per heavy atom. The van der Waals surface area contributed by atoms with E-state index >= 15 is 0 Å². The molecule has 1 aromatic rings. The van der Waals surface area contributed by atoms with Gasteiger partial charge in [0, 0.05) is 11.6 Å². The number of nitrogens with one attached hydrogen (secondary N) is 1. The molecule has 5 heteroatoms. The molecule has 3 N–H and O–H groups in total. The molecule has 0 bridgehead atoms. The first-order valence-corrected chi connectivity index (χ1v) is 7.99. The minimum Gasteiger partial charge on any atom is -0.397 e. The summed E-state index contributed by atoms with van der Waals surface area (Å²) in [6.45, 7) is 6.14. The number of hydrogen-bond acceptors (Lipinski definition) is 3. The summed E-state index contributed by atoms with van der Waals surface area (Å²) in [7, 11) is 0. The van der Waals surface area contributed by atoms with Crippen molar-refractivity contribution in [1.29, 1.82) is 0 Å². The first-order valence-electron chi connectivity index (χ1n) is 7.61. The number of carbonyl (C=O) groups is 1. The summed E-state index contributed by atoms with van der Waals surface area (Å²) < 4.78 is 0. The van der Waals surface area contributed by atoms with Gasteiger partial charge in [-0.15, -0.1) is 0 Å². The number of nitrogens with two attached hydrogens (primary N) is 1. The molecule has 1 heterocycles. The number of piperidine rings is 1. The third-order valence-electron chi connectivity index (χ3n) is 4.33. The van der Waals surface area contributed by atoms with Gasteiger partial charge in [0.15, 0.2) is 0 Å². The maximum absolute atomic E-state index is 12.4. The highest BCUT2D eigenvalue weighted by Crippen LogP contribution is 2.25. The van der Waals surface area contributed by atoms with Gasteiger partial charge in [-0.25, -0.2) is 0 Å². The molecule has 2 atom stereocenters. The molecule has 21 heavy (non-hydrogen) atoms. The van der Waals surface area contributed by atoms with Crippen LogP contribution in [-0.4, -0.2) is 29.9 Å². The van der Waals surface area contributed by atoms with E-state index in [0.29, 0.717) is 22.3 Å². The first-order chi connectivity index (χ1) is 10.0. The third kappa shape index (κ3) is 4.11. The molecule has 0 spiro atoms. The Labute approximate surface area is 131 Å². The third-order valence-corrected chi connectivity index (χ3v) is 4.56. The molecule has 0 radical (unpaired) electrons. The molecule has 0 aliphatic carbocycles. The van der Waals surface area contributed by atoms with E-state index in [1.54, 1.807) is 18.2 Å². The fourth-order valence-electron chi connectivity index (χ4n) is 2.82. The lowest BCUT2D eigenvalue weighted by Gasteiger charge is -2.35. The number of halogens is 1. The van der Waals surface area contributed by atoms with Crippen LogP contribution in [0.3, 0.4) is 0 Å². The Kier molecular flexibility index (Phi) is 5.48. The fourth-order valence-corrected chi connectivity index (χ4v) is 2.99. The van der Waals surface area contributed by atoms with Crippen molar-refractivity contribution in [3.63, 3.8) is 0 Å². The summed E-state index contributed by atoms with van der Waals surface area (Å²) in [6.07, 6.45) is 3.60. The minimum atomic E-state index is -0.155. The monoisotopic (exact) mass is 309 g/mol. The zero-order chi connectivity index (χ0) is 15.4. The standard InChI is InChI=1S/C16H24ClN3O/c1-3-12-5-4-8-20(10-12)11(2)16(21)19-15-9-13(17)6-7-14(15)18/h6-7,9,11-12H,3-5,8,10,18H2,1-2H3,(H,19,21). The molecular weight excluding hydrogens is 286 g/mol. The molecule has 2 unspecified atom stereocenters. The summed E-state index contributed by atoms with van der Waals surface area (Å²) in [5.74, 6) is 0.672. The molecule has 1 aliphatic rings. The van der Waals surface area contributed by atoms with E-state index in [2.05, 4.69) is 17.1 Å². The molecular formula is C16H24ClN3O. The zero-order valence-electron chi connectivity index (χ0n) is 12.7. The predicted molar refractivity (Wildman–Crippen MR) is 88.5 cm³/mol. The van der Waals surface area contributed by atoms with Crippen LogP contribution in [0.25, 0.3) is 0 Å². The number of nitrogens with zero attached hydrogens (tertiary/aromatic N) is 1. The molecule has 1 aromatic carbocycles. The summed E-state index contributed by atoms with van der Waals surface area (Å²) in [5, 5.41) is 3.46. The minimum absolute atomic E-state index is 0.0271. The van der Waals surface area contributed by atoms with Gasteiger partial charge in [-0.3, -0.25) is 9.69 Å². The number of amides is 1. The van der Waals surface area contributed by atoms with Crippen molar-refractivity contribution in [3.8, 4) is 0 Å². The van der Waals surface area contributed by atoms with Crippen LogP contribution in [0, 0.1) is 5.92 Å². The molecule has 2 rings (SSSR count). The Hall–Kier alpha value is -1.26. The maximum Gasteiger partial charge on any atom is 0.241 e. The zero-order valence-corrected chi connectivity index (χ0v) is 13.5. The fraction of sp³-hybridized carbons (Fsp3) is 0.562. The number of nitrogen functional groups attached to an aromatic ring is 1. The van der Waals surface area contributed by atoms with Gasteiger partial charge in [-0.05, 0) is 50.4 Å². The lowest BCUT2D eigenvalue weighted by atomic mass is 9.94. The van der Waals surface area contributed by atoms with Crippen LogP contribution in [0.15, 0.2) is 18.2 Å². The second kappa shape index (κ2) is 7.14. The van der Waals surface area contributed by atoms with E-state index in [9.17, 15) is 4.79 Å². The molecule has 0 saturated carbocycles. The number of carbonyl (C=O) groups excluding carboxylic acids is 1. The van der Waals surface area contributed by atoms with Gasteiger partial charge in [-0.1, -0.05) is 24.9 Å². The van der Waals surface area contributed by atoms with Crippen molar-refractivity contribution in [2.45, 2.75) is 39.2 Å². The largest absolute Gasteiger partial charge is 0.397 e. The lowest BCUT2D eigenvalue weighted by Crippen LogP contribution is -2.47. The van der Waals surface area contributed by atoms with Crippen LogP contribution >= 0.6 is 11.6 Å². The molecule has 1 amide bonds. The number of hydrogen-bond donors (Lipinski definition) is 2. The van der Waals surface area contributed by atoms with Crippen LogP contribution < -0.4 is 11.1 Å². The van der Waals surface area contributed by atoms with Crippen LogP contribution in [0.1, 0.15) is 33.1 Å². The number of anilines is 2. The van der Waals surface area contributed by atoms with Crippen LogP contribution in [0.4, 0.5) is 11.4 Å².